The van der Waals surface area contributed by atoms with Crippen molar-refractivity contribution in [1.29, 1.82) is 0 Å². The van der Waals surface area contributed by atoms with Crippen LogP contribution in [0.5, 0.6) is 0 Å². The topological polar surface area (TPSA) is 55.5 Å². The van der Waals surface area contributed by atoms with E-state index in [1.165, 1.54) is 12.8 Å². The van der Waals surface area contributed by atoms with Gasteiger partial charge < -0.3 is 9.64 Å². The zero-order valence-corrected chi connectivity index (χ0v) is 13.5. The van der Waals surface area contributed by atoms with E-state index in [-0.39, 0.29) is 0 Å². The first-order chi connectivity index (χ1) is 10.8. The fourth-order valence-corrected chi connectivity index (χ4v) is 3.02. The summed E-state index contributed by atoms with van der Waals surface area (Å²) in [7, 11) is 0. The van der Waals surface area contributed by atoms with Gasteiger partial charge in [0.05, 0.1) is 6.10 Å². The monoisotopic (exact) mass is 303 g/mol. The Bertz CT molecular complexity index is 606. The molecule has 1 aliphatic rings. The summed E-state index contributed by atoms with van der Waals surface area (Å²) in [5.41, 5.74) is 1.06. The molecule has 6 heteroatoms. The number of ether oxygens (including phenoxy) is 1. The Morgan fingerprint density at radius 2 is 2.27 bits per heavy atom. The quantitative estimate of drug-likeness (QED) is 0.820. The summed E-state index contributed by atoms with van der Waals surface area (Å²) in [5, 5.41) is 4.35. The Morgan fingerprint density at radius 3 is 3.00 bits per heavy atom. The van der Waals surface area contributed by atoms with Crippen molar-refractivity contribution in [1.82, 2.24) is 19.6 Å². The second-order valence-electron chi connectivity index (χ2n) is 5.87. The number of aryl methyl sites for hydroxylation is 1. The van der Waals surface area contributed by atoms with Gasteiger partial charge in [0, 0.05) is 31.5 Å². The van der Waals surface area contributed by atoms with Crippen LogP contribution in [-0.2, 0) is 11.2 Å². The molecule has 22 heavy (non-hydrogen) atoms. The van der Waals surface area contributed by atoms with Crippen LogP contribution in [0.3, 0.4) is 0 Å². The Labute approximate surface area is 131 Å². The summed E-state index contributed by atoms with van der Waals surface area (Å²) in [5.74, 6) is 1.76. The van der Waals surface area contributed by atoms with Crippen molar-refractivity contribution in [2.45, 2.75) is 52.1 Å². The molecular formula is C16H25N5O. The first kappa shape index (κ1) is 15.2. The van der Waals surface area contributed by atoms with Gasteiger partial charge in [-0.3, -0.25) is 0 Å². The molecule has 1 saturated heterocycles. The number of hydrogen-bond donors (Lipinski definition) is 0. The molecule has 1 aliphatic heterocycles. The molecule has 0 N–H and O–H groups in total. The Morgan fingerprint density at radius 1 is 1.36 bits per heavy atom. The fourth-order valence-electron chi connectivity index (χ4n) is 3.02. The smallest absolute Gasteiger partial charge is 0.254 e. The molecule has 2 aromatic heterocycles. The van der Waals surface area contributed by atoms with Gasteiger partial charge in [-0.25, -0.2) is 4.98 Å². The maximum absolute atomic E-state index is 5.92. The van der Waals surface area contributed by atoms with Crippen LogP contribution < -0.4 is 4.90 Å². The highest BCUT2D eigenvalue weighted by Gasteiger charge is 2.20. The number of aromatic nitrogens is 4. The lowest BCUT2D eigenvalue weighted by Crippen LogP contribution is -2.37. The molecule has 0 radical (unpaired) electrons. The van der Waals surface area contributed by atoms with Crippen LogP contribution in [0.4, 0.5) is 5.82 Å². The number of rotatable bonds is 6. The van der Waals surface area contributed by atoms with Crippen molar-refractivity contribution in [2.24, 2.45) is 0 Å². The number of anilines is 1. The molecule has 0 aromatic carbocycles. The van der Waals surface area contributed by atoms with Gasteiger partial charge in [0.25, 0.3) is 5.78 Å². The first-order valence-electron chi connectivity index (χ1n) is 8.38. The lowest BCUT2D eigenvalue weighted by atomic mass is 10.1. The maximum atomic E-state index is 5.92. The van der Waals surface area contributed by atoms with Gasteiger partial charge in [0.1, 0.15) is 12.1 Å². The average molecular weight is 303 g/mol. The van der Waals surface area contributed by atoms with Crippen molar-refractivity contribution >= 4 is 11.6 Å². The number of nitrogens with zero attached hydrogens (tertiary/aromatic N) is 5. The van der Waals surface area contributed by atoms with Crippen LogP contribution in [-0.4, -0.2) is 45.4 Å². The zero-order valence-electron chi connectivity index (χ0n) is 13.5. The highest BCUT2D eigenvalue weighted by Crippen LogP contribution is 2.21. The summed E-state index contributed by atoms with van der Waals surface area (Å²) in [6.45, 7) is 7.11. The van der Waals surface area contributed by atoms with Crippen LogP contribution in [0, 0.1) is 0 Å². The molecule has 120 valence electrons. The van der Waals surface area contributed by atoms with Crippen LogP contribution in [0.1, 0.15) is 45.2 Å². The number of fused-ring (bicyclic) bond motifs is 1. The molecule has 1 atom stereocenters. The summed E-state index contributed by atoms with van der Waals surface area (Å²) in [4.78, 5) is 11.2. The second kappa shape index (κ2) is 7.05. The van der Waals surface area contributed by atoms with Gasteiger partial charge in [-0.15, -0.1) is 0 Å². The molecule has 6 nitrogen and oxygen atoms in total. The van der Waals surface area contributed by atoms with E-state index in [2.05, 4.69) is 39.9 Å². The van der Waals surface area contributed by atoms with E-state index in [1.54, 1.807) is 6.33 Å². The van der Waals surface area contributed by atoms with E-state index in [9.17, 15) is 0 Å². The molecule has 3 heterocycles. The normalized spacial score (nSPS) is 18.7. The van der Waals surface area contributed by atoms with Gasteiger partial charge in [0.2, 0.25) is 0 Å². The molecule has 1 unspecified atom stereocenters. The molecule has 0 aliphatic carbocycles. The van der Waals surface area contributed by atoms with Crippen molar-refractivity contribution < 1.29 is 4.74 Å². The van der Waals surface area contributed by atoms with E-state index in [0.29, 0.717) is 11.9 Å². The van der Waals surface area contributed by atoms with Gasteiger partial charge in [-0.05, 0) is 32.1 Å². The molecule has 2 aromatic rings. The predicted octanol–water partition coefficient (Wildman–Crippen LogP) is 2.47. The molecule has 1 fully saturated rings. The zero-order chi connectivity index (χ0) is 15.4. The SMILES string of the molecule is CCCN(CC1CCCCO1)c1cc(CC)nc2ncnn12. The van der Waals surface area contributed by atoms with E-state index >= 15 is 0 Å². The van der Waals surface area contributed by atoms with E-state index in [4.69, 9.17) is 4.74 Å². The van der Waals surface area contributed by atoms with Crippen LogP contribution >= 0.6 is 0 Å². The van der Waals surface area contributed by atoms with E-state index in [1.807, 2.05) is 4.52 Å². The molecule has 0 amide bonds. The van der Waals surface area contributed by atoms with Crippen molar-refractivity contribution in [3.05, 3.63) is 18.1 Å². The van der Waals surface area contributed by atoms with Gasteiger partial charge in [-0.2, -0.15) is 14.6 Å². The second-order valence-corrected chi connectivity index (χ2v) is 5.87. The molecule has 0 saturated carbocycles. The van der Waals surface area contributed by atoms with Crippen LogP contribution in [0.2, 0.25) is 0 Å². The lowest BCUT2D eigenvalue weighted by Gasteiger charge is -2.31. The Hall–Kier alpha value is -1.69. The summed E-state index contributed by atoms with van der Waals surface area (Å²) in [6, 6.07) is 2.14. The third-order valence-corrected chi connectivity index (χ3v) is 4.16. The van der Waals surface area contributed by atoms with Crippen LogP contribution in [0.15, 0.2) is 12.4 Å². The van der Waals surface area contributed by atoms with Crippen molar-refractivity contribution in [3.63, 3.8) is 0 Å². The standard InChI is InChI=1S/C16H25N5O/c1-3-8-20(11-14-7-5-6-9-22-14)15-10-13(4-2)19-16-17-12-18-21(15)16/h10,12,14H,3-9,11H2,1-2H3. The predicted molar refractivity (Wildman–Crippen MR) is 86.3 cm³/mol. The maximum Gasteiger partial charge on any atom is 0.254 e. The third-order valence-electron chi connectivity index (χ3n) is 4.16. The summed E-state index contributed by atoms with van der Waals surface area (Å²) >= 11 is 0. The minimum absolute atomic E-state index is 0.317. The molecule has 0 spiro atoms. The molecule has 3 rings (SSSR count). The van der Waals surface area contributed by atoms with Crippen molar-refractivity contribution in [3.8, 4) is 0 Å². The fraction of sp³-hybridized carbons (Fsp3) is 0.688. The van der Waals surface area contributed by atoms with Crippen molar-refractivity contribution in [2.75, 3.05) is 24.6 Å². The Balaban J connectivity index is 1.90. The summed E-state index contributed by atoms with van der Waals surface area (Å²) < 4.78 is 7.77. The van der Waals surface area contributed by atoms with E-state index < -0.39 is 0 Å². The lowest BCUT2D eigenvalue weighted by molar-refractivity contribution is 0.0208. The summed E-state index contributed by atoms with van der Waals surface area (Å²) in [6.07, 6.45) is 7.48. The van der Waals surface area contributed by atoms with Gasteiger partial charge in [-0.1, -0.05) is 13.8 Å². The van der Waals surface area contributed by atoms with Gasteiger partial charge >= 0.3 is 0 Å². The van der Waals surface area contributed by atoms with Gasteiger partial charge in [0.15, 0.2) is 0 Å². The Kier molecular flexibility index (Phi) is 4.87. The third kappa shape index (κ3) is 3.21. The highest BCUT2D eigenvalue weighted by atomic mass is 16.5. The highest BCUT2D eigenvalue weighted by molar-refractivity contribution is 5.47. The molecule has 0 bridgehead atoms. The average Bonchev–Trinajstić information content (AvgIpc) is 3.03. The van der Waals surface area contributed by atoms with Crippen LogP contribution in [0.25, 0.3) is 5.78 Å². The van der Waals surface area contributed by atoms with E-state index in [0.717, 1.165) is 50.5 Å². The number of hydrogen-bond acceptors (Lipinski definition) is 5. The minimum Gasteiger partial charge on any atom is -0.376 e. The molecular weight excluding hydrogens is 278 g/mol. The first-order valence-corrected chi connectivity index (χ1v) is 8.38. The minimum atomic E-state index is 0.317. The largest absolute Gasteiger partial charge is 0.376 e.